The number of rotatable bonds is 7. The molecule has 0 aromatic heterocycles. The molecule has 2 N–H and O–H groups in total. The van der Waals surface area contributed by atoms with Gasteiger partial charge in [0.05, 0.1) is 0 Å². The number of halogens is 3. The van der Waals surface area contributed by atoms with Crippen LogP contribution in [0.2, 0.25) is 0 Å². The Bertz CT molecular complexity index is 316. The van der Waals surface area contributed by atoms with Gasteiger partial charge >= 0.3 is 6.11 Å². The van der Waals surface area contributed by atoms with E-state index >= 15 is 0 Å². The molecule has 4 nitrogen and oxygen atoms in total. The van der Waals surface area contributed by atoms with Gasteiger partial charge in [0, 0.05) is 12.7 Å². The van der Waals surface area contributed by atoms with Crippen molar-refractivity contribution in [3.05, 3.63) is 12.7 Å². The highest BCUT2D eigenvalue weighted by Crippen LogP contribution is 2.47. The van der Waals surface area contributed by atoms with E-state index in [4.69, 9.17) is 11.6 Å². The second-order valence-corrected chi connectivity index (χ2v) is 6.60. The van der Waals surface area contributed by atoms with Crippen LogP contribution in [0.3, 0.4) is 0 Å². The molecule has 0 fully saturated rings. The van der Waals surface area contributed by atoms with Gasteiger partial charge in [-0.2, -0.15) is 8.78 Å². The average Bonchev–Trinajstić information content (AvgIpc) is 2.15. The summed E-state index contributed by atoms with van der Waals surface area (Å²) in [6, 6.07) is 0. The van der Waals surface area contributed by atoms with Crippen LogP contribution in [0.25, 0.3) is 0 Å². The minimum absolute atomic E-state index is 0.0724. The van der Waals surface area contributed by atoms with Crippen molar-refractivity contribution in [1.82, 2.24) is 5.32 Å². The molecule has 0 aromatic rings. The fourth-order valence-electron chi connectivity index (χ4n) is 0.671. The van der Waals surface area contributed by atoms with Gasteiger partial charge in [-0.15, -0.1) is 11.6 Å². The number of alkyl halides is 3. The summed E-state index contributed by atoms with van der Waals surface area (Å²) in [6.45, 7) is -0.532. The van der Waals surface area contributed by atoms with E-state index in [1.807, 2.05) is 0 Å². The van der Waals surface area contributed by atoms with Crippen LogP contribution < -0.4 is 5.32 Å². The van der Waals surface area contributed by atoms with Crippen LogP contribution in [-0.2, 0) is 21.1 Å². The van der Waals surface area contributed by atoms with E-state index in [9.17, 15) is 18.5 Å². The summed E-state index contributed by atoms with van der Waals surface area (Å²) in [7, 11) is 0. The molecule has 0 heterocycles. The molecule has 0 saturated carbocycles. The summed E-state index contributed by atoms with van der Waals surface area (Å²) >= 11 is 9.38. The molecule has 0 aromatic carbocycles. The van der Waals surface area contributed by atoms with Crippen LogP contribution in [0.5, 0.6) is 0 Å². The number of carbonyl (C=O) groups excluding carboxylic acids is 1. The molecule has 1 atom stereocenters. The quantitative estimate of drug-likeness (QED) is 0.424. The maximum atomic E-state index is 12.6. The van der Waals surface area contributed by atoms with E-state index in [1.54, 1.807) is 0 Å². The third kappa shape index (κ3) is 7.24. The van der Waals surface area contributed by atoms with Crippen LogP contribution >= 0.6 is 18.1 Å². The lowest BCUT2D eigenvalue weighted by molar-refractivity contribution is -0.154. The molecule has 0 aliphatic rings. The Kier molecular flexibility index (Phi) is 6.58. The number of hydrogen-bond donors (Lipinski definition) is 2. The molecular formula is C7H11ClF2NO3PS. The zero-order valence-corrected chi connectivity index (χ0v) is 10.6. The van der Waals surface area contributed by atoms with Crippen molar-refractivity contribution in [3.63, 3.8) is 0 Å². The van der Waals surface area contributed by atoms with Crippen molar-refractivity contribution in [2.24, 2.45) is 0 Å². The SMILES string of the molecule is C=CC(=O)NCCP(O)(=S)OC(F)(F)CCl. The summed E-state index contributed by atoms with van der Waals surface area (Å²) < 4.78 is 29.3. The van der Waals surface area contributed by atoms with Gasteiger partial charge in [0.1, 0.15) is 5.88 Å². The van der Waals surface area contributed by atoms with Crippen molar-refractivity contribution >= 4 is 35.8 Å². The maximum Gasteiger partial charge on any atom is 0.374 e. The Morgan fingerprint density at radius 1 is 1.75 bits per heavy atom. The molecule has 0 rings (SSSR count). The fraction of sp³-hybridized carbons (Fsp3) is 0.571. The first kappa shape index (κ1) is 15.9. The van der Waals surface area contributed by atoms with Gasteiger partial charge in [0.15, 0.2) is 6.49 Å². The molecule has 0 aliphatic heterocycles. The Hall–Kier alpha value is -0.0700. The van der Waals surface area contributed by atoms with Crippen molar-refractivity contribution < 1.29 is 23.0 Å². The smallest absolute Gasteiger partial charge is 0.352 e. The molecule has 9 heteroatoms. The molecule has 0 spiro atoms. The average molecular weight is 294 g/mol. The molecule has 16 heavy (non-hydrogen) atoms. The second-order valence-electron chi connectivity index (χ2n) is 2.72. The Labute approximate surface area is 102 Å². The standard InChI is InChI=1S/C7H11ClF2NO3PS/c1-2-6(12)11-3-4-15(13,16)14-7(9,10)5-8/h2H,1,3-5H2,(H,11,12)(H,13,16). The minimum Gasteiger partial charge on any atom is -0.352 e. The highest BCUT2D eigenvalue weighted by Gasteiger charge is 2.35. The zero-order valence-electron chi connectivity index (χ0n) is 8.16. The third-order valence-corrected chi connectivity index (χ3v) is 3.73. The van der Waals surface area contributed by atoms with E-state index in [0.29, 0.717) is 0 Å². The minimum atomic E-state index is -3.66. The summed E-state index contributed by atoms with van der Waals surface area (Å²) in [6.07, 6.45) is -2.92. The van der Waals surface area contributed by atoms with Gasteiger partial charge in [-0.05, 0) is 17.9 Å². The number of nitrogens with one attached hydrogen (secondary N) is 1. The lowest BCUT2D eigenvalue weighted by Gasteiger charge is -2.21. The molecular weight excluding hydrogens is 283 g/mol. The predicted molar refractivity (Wildman–Crippen MR) is 61.3 cm³/mol. The summed E-state index contributed by atoms with van der Waals surface area (Å²) in [5, 5.41) is 2.28. The van der Waals surface area contributed by atoms with E-state index in [1.165, 1.54) is 0 Å². The van der Waals surface area contributed by atoms with E-state index in [-0.39, 0.29) is 12.7 Å². The van der Waals surface area contributed by atoms with Crippen molar-refractivity contribution in [1.29, 1.82) is 0 Å². The van der Waals surface area contributed by atoms with Crippen LogP contribution in [0.15, 0.2) is 12.7 Å². The van der Waals surface area contributed by atoms with Gasteiger partial charge in [-0.25, -0.2) is 0 Å². The van der Waals surface area contributed by atoms with Crippen molar-refractivity contribution in [2.45, 2.75) is 6.11 Å². The molecule has 1 amide bonds. The Balaban J connectivity index is 4.11. The lowest BCUT2D eigenvalue weighted by atomic mass is 10.6. The van der Waals surface area contributed by atoms with E-state index in [2.05, 4.69) is 28.2 Å². The van der Waals surface area contributed by atoms with Gasteiger partial charge in [0.25, 0.3) is 0 Å². The first-order valence-corrected chi connectivity index (χ1v) is 7.48. The predicted octanol–water partition coefficient (Wildman–Crippen LogP) is 1.44. The van der Waals surface area contributed by atoms with Crippen LogP contribution in [0.1, 0.15) is 0 Å². The normalized spacial score (nSPS) is 15.2. The van der Waals surface area contributed by atoms with Gasteiger partial charge in [0.2, 0.25) is 5.91 Å². The van der Waals surface area contributed by atoms with Crippen LogP contribution in [-0.4, -0.2) is 35.5 Å². The molecule has 0 saturated heterocycles. The van der Waals surface area contributed by atoms with Crippen molar-refractivity contribution in [3.8, 4) is 0 Å². The second kappa shape index (κ2) is 6.61. The lowest BCUT2D eigenvalue weighted by Crippen LogP contribution is -2.27. The number of carbonyl (C=O) groups is 1. The van der Waals surface area contributed by atoms with E-state index in [0.717, 1.165) is 6.08 Å². The van der Waals surface area contributed by atoms with Gasteiger partial charge in [-0.1, -0.05) is 6.58 Å². The highest BCUT2D eigenvalue weighted by molar-refractivity contribution is 8.09. The molecule has 0 radical (unpaired) electrons. The zero-order chi connectivity index (χ0) is 12.8. The first-order chi connectivity index (χ1) is 7.22. The fourth-order valence-corrected chi connectivity index (χ4v) is 2.37. The highest BCUT2D eigenvalue weighted by atomic mass is 35.5. The Morgan fingerprint density at radius 3 is 2.75 bits per heavy atom. The van der Waals surface area contributed by atoms with Crippen LogP contribution in [0.4, 0.5) is 8.78 Å². The molecule has 0 bridgehead atoms. The van der Waals surface area contributed by atoms with Gasteiger partial charge < -0.3 is 10.2 Å². The number of hydrogen-bond acceptors (Lipinski definition) is 3. The summed E-state index contributed by atoms with van der Waals surface area (Å²) in [5.41, 5.74) is 0. The molecule has 0 aliphatic carbocycles. The third-order valence-electron chi connectivity index (χ3n) is 1.31. The topological polar surface area (TPSA) is 58.6 Å². The number of amides is 1. The van der Waals surface area contributed by atoms with Crippen LogP contribution in [0, 0.1) is 0 Å². The Morgan fingerprint density at radius 2 is 2.31 bits per heavy atom. The first-order valence-electron chi connectivity index (χ1n) is 4.09. The van der Waals surface area contributed by atoms with Gasteiger partial charge in [-0.3, -0.25) is 9.32 Å². The molecule has 1 unspecified atom stereocenters. The maximum absolute atomic E-state index is 12.6. The summed E-state index contributed by atoms with van der Waals surface area (Å²) in [5.74, 6) is -1.58. The van der Waals surface area contributed by atoms with Crippen molar-refractivity contribution in [2.75, 3.05) is 18.6 Å². The summed E-state index contributed by atoms with van der Waals surface area (Å²) in [4.78, 5) is 20.1. The van der Waals surface area contributed by atoms with E-state index < -0.39 is 24.4 Å². The largest absolute Gasteiger partial charge is 0.374 e. The monoisotopic (exact) mass is 293 g/mol. The molecule has 94 valence electrons.